The number of methoxy groups -OCH3 is 1. The molecule has 164 valence electrons. The number of amides is 1. The largest absolute Gasteiger partial charge is 0.496 e. The molecule has 1 aromatic carbocycles. The molecule has 0 bridgehead atoms. The zero-order chi connectivity index (χ0) is 22.6. The van der Waals surface area contributed by atoms with Crippen LogP contribution in [0.2, 0.25) is 0 Å². The molecule has 0 unspecified atom stereocenters. The summed E-state index contributed by atoms with van der Waals surface area (Å²) in [4.78, 5) is 19.8. The molecule has 0 fully saturated rings. The third kappa shape index (κ3) is 5.16. The third-order valence-electron chi connectivity index (χ3n) is 4.35. The van der Waals surface area contributed by atoms with Gasteiger partial charge in [0, 0.05) is 24.8 Å². The molecule has 11 nitrogen and oxygen atoms in total. The maximum absolute atomic E-state index is 12.5. The SMILES string of the molecule is COc1ccc(S(=O)(=O)NCCNc2cc(-n3nc(C)cc3C)ncn2)cc1C(N)=O. The normalized spacial score (nSPS) is 11.3. The molecule has 31 heavy (non-hydrogen) atoms. The van der Waals surface area contributed by atoms with E-state index in [4.69, 9.17) is 10.5 Å². The number of hydrogen-bond donors (Lipinski definition) is 3. The number of nitrogens with zero attached hydrogens (tertiary/aromatic N) is 4. The lowest BCUT2D eigenvalue weighted by atomic mass is 10.2. The number of anilines is 1. The number of carbonyl (C=O) groups is 1. The molecule has 2 aromatic heterocycles. The van der Waals surface area contributed by atoms with Gasteiger partial charge in [-0.25, -0.2) is 27.8 Å². The minimum absolute atomic E-state index is 0.0128. The number of benzene rings is 1. The number of aryl methyl sites for hydroxylation is 2. The van der Waals surface area contributed by atoms with Crippen LogP contribution < -0.4 is 20.5 Å². The summed E-state index contributed by atoms with van der Waals surface area (Å²) in [6.45, 7) is 4.17. The smallest absolute Gasteiger partial charge is 0.252 e. The topological polar surface area (TPSA) is 154 Å². The van der Waals surface area contributed by atoms with Crippen molar-refractivity contribution >= 4 is 21.7 Å². The van der Waals surface area contributed by atoms with Crippen molar-refractivity contribution in [2.75, 3.05) is 25.5 Å². The van der Waals surface area contributed by atoms with Crippen LogP contribution in [0.5, 0.6) is 5.75 Å². The van der Waals surface area contributed by atoms with Crippen molar-refractivity contribution in [2.45, 2.75) is 18.7 Å². The molecule has 0 aliphatic carbocycles. The van der Waals surface area contributed by atoms with Gasteiger partial charge < -0.3 is 15.8 Å². The van der Waals surface area contributed by atoms with E-state index in [1.54, 1.807) is 10.7 Å². The molecule has 0 aliphatic rings. The van der Waals surface area contributed by atoms with E-state index in [-0.39, 0.29) is 29.3 Å². The van der Waals surface area contributed by atoms with Crippen molar-refractivity contribution < 1.29 is 17.9 Å². The summed E-state index contributed by atoms with van der Waals surface area (Å²) in [6.07, 6.45) is 1.40. The Hall–Kier alpha value is -3.51. The number of nitrogens with two attached hydrogens (primary N) is 1. The predicted octanol–water partition coefficient (Wildman–Crippen LogP) is 0.777. The summed E-state index contributed by atoms with van der Waals surface area (Å²) in [5, 5.41) is 7.42. The summed E-state index contributed by atoms with van der Waals surface area (Å²) in [7, 11) is -2.48. The van der Waals surface area contributed by atoms with Crippen molar-refractivity contribution in [1.29, 1.82) is 0 Å². The standard InChI is InChI=1S/C19H23N7O4S/c1-12-8-13(2)26(25-12)18-10-17(22-11-23-18)21-6-7-24-31(28,29)14-4-5-16(30-3)15(9-14)19(20)27/h4-5,8-11,24H,6-7H2,1-3H3,(H2,20,27)(H,21,22,23). The molecule has 0 atom stereocenters. The highest BCUT2D eigenvalue weighted by Crippen LogP contribution is 2.22. The zero-order valence-electron chi connectivity index (χ0n) is 17.3. The summed E-state index contributed by atoms with van der Waals surface area (Å²) in [5.41, 5.74) is 7.09. The maximum Gasteiger partial charge on any atom is 0.252 e. The fraction of sp³-hybridized carbons (Fsp3) is 0.263. The van der Waals surface area contributed by atoms with Crippen molar-refractivity contribution in [3.8, 4) is 11.6 Å². The number of aromatic nitrogens is 4. The monoisotopic (exact) mass is 445 g/mol. The van der Waals surface area contributed by atoms with Crippen LogP contribution in [-0.4, -0.2) is 54.3 Å². The molecule has 3 rings (SSSR count). The van der Waals surface area contributed by atoms with E-state index in [9.17, 15) is 13.2 Å². The van der Waals surface area contributed by atoms with Crippen LogP contribution in [0.3, 0.4) is 0 Å². The van der Waals surface area contributed by atoms with Gasteiger partial charge in [0.2, 0.25) is 10.0 Å². The van der Waals surface area contributed by atoms with E-state index < -0.39 is 15.9 Å². The Balaban J connectivity index is 1.63. The van der Waals surface area contributed by atoms with Gasteiger partial charge >= 0.3 is 0 Å². The Morgan fingerprint density at radius 3 is 2.58 bits per heavy atom. The first-order valence-corrected chi connectivity index (χ1v) is 10.8. The molecule has 3 aromatic rings. The van der Waals surface area contributed by atoms with E-state index in [1.165, 1.54) is 31.6 Å². The second kappa shape index (κ2) is 9.10. The first kappa shape index (κ1) is 22.2. The molecule has 4 N–H and O–H groups in total. The number of nitrogens with one attached hydrogen (secondary N) is 2. The second-order valence-corrected chi connectivity index (χ2v) is 8.42. The van der Waals surface area contributed by atoms with Crippen LogP contribution in [-0.2, 0) is 10.0 Å². The van der Waals surface area contributed by atoms with Crippen LogP contribution in [0.15, 0.2) is 41.6 Å². The van der Waals surface area contributed by atoms with Gasteiger partial charge in [0.1, 0.15) is 17.9 Å². The van der Waals surface area contributed by atoms with Gasteiger partial charge in [-0.05, 0) is 38.1 Å². The molecule has 0 radical (unpaired) electrons. The van der Waals surface area contributed by atoms with Crippen LogP contribution in [0.25, 0.3) is 5.82 Å². The van der Waals surface area contributed by atoms with Crippen LogP contribution in [0.1, 0.15) is 21.7 Å². The summed E-state index contributed by atoms with van der Waals surface area (Å²) in [5.74, 6) is 0.547. The van der Waals surface area contributed by atoms with Crippen molar-refractivity contribution in [2.24, 2.45) is 5.73 Å². The molecule has 1 amide bonds. The first-order valence-electron chi connectivity index (χ1n) is 9.28. The summed E-state index contributed by atoms with van der Waals surface area (Å²) >= 11 is 0. The molecule has 12 heteroatoms. The Morgan fingerprint density at radius 2 is 1.94 bits per heavy atom. The average Bonchev–Trinajstić information content (AvgIpc) is 3.08. The van der Waals surface area contributed by atoms with Crippen molar-refractivity contribution in [1.82, 2.24) is 24.5 Å². The number of sulfonamides is 1. The molecule has 0 aliphatic heterocycles. The Labute approximate surface area is 179 Å². The predicted molar refractivity (Wildman–Crippen MR) is 114 cm³/mol. The van der Waals surface area contributed by atoms with E-state index in [0.717, 1.165) is 11.4 Å². The van der Waals surface area contributed by atoms with E-state index in [1.807, 2.05) is 19.9 Å². The minimum atomic E-state index is -3.85. The Kier molecular flexibility index (Phi) is 6.51. The molecule has 0 spiro atoms. The number of ether oxygens (including phenoxy) is 1. The number of rotatable bonds is 9. The van der Waals surface area contributed by atoms with Gasteiger partial charge in [0.15, 0.2) is 5.82 Å². The Bertz CT molecular complexity index is 1210. The van der Waals surface area contributed by atoms with Crippen LogP contribution in [0, 0.1) is 13.8 Å². The van der Waals surface area contributed by atoms with Gasteiger partial charge in [0.05, 0.1) is 23.3 Å². The van der Waals surface area contributed by atoms with Crippen LogP contribution >= 0.6 is 0 Å². The maximum atomic E-state index is 12.5. The lowest BCUT2D eigenvalue weighted by Crippen LogP contribution is -2.29. The van der Waals surface area contributed by atoms with Gasteiger partial charge in [-0.1, -0.05) is 0 Å². The third-order valence-corrected chi connectivity index (χ3v) is 5.81. The van der Waals surface area contributed by atoms with Crippen molar-refractivity contribution in [3.05, 3.63) is 53.6 Å². The lowest BCUT2D eigenvalue weighted by Gasteiger charge is -2.11. The van der Waals surface area contributed by atoms with Gasteiger partial charge in [-0.15, -0.1) is 0 Å². The highest BCUT2D eigenvalue weighted by atomic mass is 32.2. The fourth-order valence-electron chi connectivity index (χ4n) is 2.93. The summed E-state index contributed by atoms with van der Waals surface area (Å²) < 4.78 is 34.2. The van der Waals surface area contributed by atoms with Crippen LogP contribution in [0.4, 0.5) is 5.82 Å². The van der Waals surface area contributed by atoms with E-state index >= 15 is 0 Å². The van der Waals surface area contributed by atoms with Gasteiger partial charge in [0.25, 0.3) is 5.91 Å². The number of primary amides is 1. The van der Waals surface area contributed by atoms with E-state index in [2.05, 4.69) is 25.1 Å². The zero-order valence-corrected chi connectivity index (χ0v) is 18.1. The van der Waals surface area contributed by atoms with Crippen molar-refractivity contribution in [3.63, 3.8) is 0 Å². The average molecular weight is 446 g/mol. The molecular formula is C19H23N7O4S. The number of hydrogen-bond acceptors (Lipinski definition) is 8. The lowest BCUT2D eigenvalue weighted by molar-refractivity contribution is 0.0997. The molecule has 0 saturated carbocycles. The fourth-order valence-corrected chi connectivity index (χ4v) is 3.98. The quantitative estimate of drug-likeness (QED) is 0.408. The first-order chi connectivity index (χ1) is 14.7. The minimum Gasteiger partial charge on any atom is -0.496 e. The number of carbonyl (C=O) groups excluding carboxylic acids is 1. The van der Waals surface area contributed by atoms with Gasteiger partial charge in [-0.2, -0.15) is 5.10 Å². The highest BCUT2D eigenvalue weighted by Gasteiger charge is 2.18. The van der Waals surface area contributed by atoms with Gasteiger partial charge in [-0.3, -0.25) is 4.79 Å². The molecule has 0 saturated heterocycles. The Morgan fingerprint density at radius 1 is 1.16 bits per heavy atom. The molecular weight excluding hydrogens is 422 g/mol. The molecule has 2 heterocycles. The van der Waals surface area contributed by atoms with E-state index in [0.29, 0.717) is 11.6 Å². The summed E-state index contributed by atoms with van der Waals surface area (Å²) in [6, 6.07) is 7.56. The highest BCUT2D eigenvalue weighted by molar-refractivity contribution is 7.89. The second-order valence-electron chi connectivity index (χ2n) is 6.65.